The van der Waals surface area contributed by atoms with Gasteiger partial charge in [0.1, 0.15) is 13.2 Å². The standard InChI is InChI=1S/C15H22N4O2/c16-17-15(12-10-18-3-5-19(12)6-4-18)11-1-2-13-14(9-11)21-8-7-20-13/h1-2,9,12,15,17H,3-8,10,16H2. The van der Waals surface area contributed by atoms with Gasteiger partial charge in [-0.1, -0.05) is 6.07 Å². The molecule has 3 fully saturated rings. The number of benzene rings is 1. The first kappa shape index (κ1) is 13.3. The first-order chi connectivity index (χ1) is 10.3. The van der Waals surface area contributed by atoms with Crippen molar-refractivity contribution < 1.29 is 9.47 Å². The van der Waals surface area contributed by atoms with Crippen molar-refractivity contribution in [2.24, 2.45) is 5.84 Å². The van der Waals surface area contributed by atoms with Gasteiger partial charge in [0.2, 0.25) is 0 Å². The minimum Gasteiger partial charge on any atom is -0.486 e. The quantitative estimate of drug-likeness (QED) is 0.602. The Bertz CT molecular complexity index is 516. The SMILES string of the molecule is NNC(c1ccc2c(c1)OCCO2)C1CN2CCN1CC2. The van der Waals surface area contributed by atoms with Crippen molar-refractivity contribution in [2.75, 3.05) is 45.9 Å². The predicted molar refractivity (Wildman–Crippen MR) is 79.3 cm³/mol. The van der Waals surface area contributed by atoms with Gasteiger partial charge in [-0.15, -0.1) is 0 Å². The molecule has 4 heterocycles. The largest absolute Gasteiger partial charge is 0.486 e. The van der Waals surface area contributed by atoms with E-state index in [-0.39, 0.29) is 6.04 Å². The van der Waals surface area contributed by atoms with Crippen LogP contribution in [0.15, 0.2) is 18.2 Å². The Hall–Kier alpha value is -1.34. The number of fused-ring (bicyclic) bond motifs is 4. The minimum absolute atomic E-state index is 0.115. The zero-order chi connectivity index (χ0) is 14.2. The molecular formula is C15H22N4O2. The number of hydrogen-bond acceptors (Lipinski definition) is 6. The van der Waals surface area contributed by atoms with Crippen molar-refractivity contribution in [2.45, 2.75) is 12.1 Å². The van der Waals surface area contributed by atoms with Crippen molar-refractivity contribution in [1.82, 2.24) is 15.2 Å². The molecule has 5 rings (SSSR count). The minimum atomic E-state index is 0.115. The van der Waals surface area contributed by atoms with Gasteiger partial charge in [-0.3, -0.25) is 21.1 Å². The van der Waals surface area contributed by atoms with Crippen LogP contribution in [0, 0.1) is 0 Å². The van der Waals surface area contributed by atoms with E-state index < -0.39 is 0 Å². The van der Waals surface area contributed by atoms with E-state index >= 15 is 0 Å². The van der Waals surface area contributed by atoms with Gasteiger partial charge in [-0.25, -0.2) is 0 Å². The van der Waals surface area contributed by atoms with Crippen LogP contribution in [0.5, 0.6) is 11.5 Å². The van der Waals surface area contributed by atoms with Crippen LogP contribution in [-0.4, -0.2) is 61.8 Å². The number of piperazine rings is 3. The van der Waals surface area contributed by atoms with Gasteiger partial charge in [0.15, 0.2) is 11.5 Å². The molecular weight excluding hydrogens is 268 g/mol. The van der Waals surface area contributed by atoms with Crippen LogP contribution in [0.25, 0.3) is 0 Å². The molecule has 0 saturated carbocycles. The number of nitrogens with two attached hydrogens (primary N) is 1. The summed E-state index contributed by atoms with van der Waals surface area (Å²) in [6, 6.07) is 6.68. The van der Waals surface area contributed by atoms with Crippen molar-refractivity contribution >= 4 is 0 Å². The molecule has 2 atom stereocenters. The van der Waals surface area contributed by atoms with Crippen LogP contribution >= 0.6 is 0 Å². The molecule has 3 saturated heterocycles. The van der Waals surface area contributed by atoms with Crippen molar-refractivity contribution in [3.8, 4) is 11.5 Å². The zero-order valence-electron chi connectivity index (χ0n) is 12.1. The van der Waals surface area contributed by atoms with E-state index in [1.165, 1.54) is 18.7 Å². The Kier molecular flexibility index (Phi) is 3.46. The molecule has 2 bridgehead atoms. The highest BCUT2D eigenvalue weighted by molar-refractivity contribution is 5.45. The summed E-state index contributed by atoms with van der Waals surface area (Å²) in [6.45, 7) is 6.92. The highest BCUT2D eigenvalue weighted by Gasteiger charge is 2.37. The van der Waals surface area contributed by atoms with Crippen molar-refractivity contribution in [3.63, 3.8) is 0 Å². The second kappa shape index (κ2) is 5.46. The van der Waals surface area contributed by atoms with Gasteiger partial charge in [0.25, 0.3) is 0 Å². The summed E-state index contributed by atoms with van der Waals surface area (Å²) in [5.74, 6) is 7.53. The lowest BCUT2D eigenvalue weighted by molar-refractivity contribution is -0.00375. The first-order valence-electron chi connectivity index (χ1n) is 7.67. The van der Waals surface area contributed by atoms with Crippen LogP contribution in [0.1, 0.15) is 11.6 Å². The van der Waals surface area contributed by atoms with E-state index in [0.717, 1.165) is 31.1 Å². The first-order valence-corrected chi connectivity index (χ1v) is 7.67. The molecule has 0 aromatic heterocycles. The Morgan fingerprint density at radius 2 is 1.86 bits per heavy atom. The Morgan fingerprint density at radius 3 is 2.52 bits per heavy atom. The third-order valence-electron chi connectivity index (χ3n) is 4.81. The summed E-state index contributed by atoms with van der Waals surface area (Å²) in [4.78, 5) is 5.06. The van der Waals surface area contributed by atoms with E-state index in [4.69, 9.17) is 15.3 Å². The van der Waals surface area contributed by atoms with Gasteiger partial charge in [0, 0.05) is 38.8 Å². The molecule has 114 valence electrons. The summed E-state index contributed by atoms with van der Waals surface area (Å²) in [5, 5.41) is 0. The zero-order valence-corrected chi connectivity index (χ0v) is 12.1. The molecule has 21 heavy (non-hydrogen) atoms. The second-order valence-electron chi connectivity index (χ2n) is 5.95. The van der Waals surface area contributed by atoms with E-state index in [1.54, 1.807) is 0 Å². The van der Waals surface area contributed by atoms with Crippen LogP contribution in [0.3, 0.4) is 0 Å². The molecule has 2 unspecified atom stereocenters. The third kappa shape index (κ3) is 2.38. The summed E-state index contributed by atoms with van der Waals surface area (Å²) < 4.78 is 11.3. The van der Waals surface area contributed by atoms with Crippen molar-refractivity contribution in [3.05, 3.63) is 23.8 Å². The lowest BCUT2D eigenvalue weighted by atomic mass is 9.94. The maximum absolute atomic E-state index is 5.88. The number of nitrogens with zero attached hydrogens (tertiary/aromatic N) is 2. The highest BCUT2D eigenvalue weighted by Crippen LogP contribution is 2.35. The van der Waals surface area contributed by atoms with Gasteiger partial charge in [-0.05, 0) is 17.7 Å². The molecule has 4 aliphatic heterocycles. The fourth-order valence-corrected chi connectivity index (χ4v) is 3.66. The number of rotatable bonds is 3. The second-order valence-corrected chi connectivity index (χ2v) is 5.95. The number of hydrazine groups is 1. The van der Waals surface area contributed by atoms with Gasteiger partial charge in [0.05, 0.1) is 6.04 Å². The Labute approximate surface area is 124 Å². The Morgan fingerprint density at radius 1 is 1.10 bits per heavy atom. The fraction of sp³-hybridized carbons (Fsp3) is 0.600. The summed E-state index contributed by atoms with van der Waals surface area (Å²) in [6.07, 6.45) is 0. The molecule has 0 radical (unpaired) electrons. The van der Waals surface area contributed by atoms with Crippen LogP contribution in [0.4, 0.5) is 0 Å². The van der Waals surface area contributed by atoms with Crippen LogP contribution in [0.2, 0.25) is 0 Å². The number of nitrogens with one attached hydrogen (secondary N) is 1. The molecule has 1 aromatic rings. The normalized spacial score (nSPS) is 32.0. The number of ether oxygens (including phenoxy) is 2. The third-order valence-corrected chi connectivity index (χ3v) is 4.81. The highest BCUT2D eigenvalue weighted by atomic mass is 16.6. The van der Waals surface area contributed by atoms with Gasteiger partial charge >= 0.3 is 0 Å². The van der Waals surface area contributed by atoms with E-state index in [0.29, 0.717) is 19.3 Å². The lowest BCUT2D eigenvalue weighted by Gasteiger charge is -2.50. The molecule has 4 aliphatic rings. The average Bonchev–Trinajstić information content (AvgIpc) is 2.57. The maximum atomic E-state index is 5.88. The molecule has 1 aromatic carbocycles. The Balaban J connectivity index is 1.60. The molecule has 0 spiro atoms. The van der Waals surface area contributed by atoms with Crippen LogP contribution < -0.4 is 20.7 Å². The maximum Gasteiger partial charge on any atom is 0.161 e. The molecule has 6 heteroatoms. The van der Waals surface area contributed by atoms with E-state index in [1.807, 2.05) is 6.07 Å². The topological polar surface area (TPSA) is 63.0 Å². The number of hydrogen-bond donors (Lipinski definition) is 2. The summed E-state index contributed by atoms with van der Waals surface area (Å²) in [5.41, 5.74) is 4.18. The van der Waals surface area contributed by atoms with Gasteiger partial charge < -0.3 is 9.47 Å². The van der Waals surface area contributed by atoms with Gasteiger partial charge in [-0.2, -0.15) is 0 Å². The average molecular weight is 290 g/mol. The molecule has 6 nitrogen and oxygen atoms in total. The smallest absolute Gasteiger partial charge is 0.161 e. The molecule has 0 aliphatic carbocycles. The predicted octanol–water partition coefficient (Wildman–Crippen LogP) is -0.0380. The summed E-state index contributed by atoms with van der Waals surface area (Å²) >= 11 is 0. The van der Waals surface area contributed by atoms with E-state index in [2.05, 4.69) is 27.4 Å². The van der Waals surface area contributed by atoms with E-state index in [9.17, 15) is 0 Å². The summed E-state index contributed by atoms with van der Waals surface area (Å²) in [7, 11) is 0. The molecule has 3 N–H and O–H groups in total. The van der Waals surface area contributed by atoms with Crippen LogP contribution in [-0.2, 0) is 0 Å². The molecule has 0 amide bonds. The lowest BCUT2D eigenvalue weighted by Crippen LogP contribution is -2.64. The monoisotopic (exact) mass is 290 g/mol. The fourth-order valence-electron chi connectivity index (χ4n) is 3.66. The van der Waals surface area contributed by atoms with Crippen molar-refractivity contribution in [1.29, 1.82) is 0 Å².